The summed E-state index contributed by atoms with van der Waals surface area (Å²) >= 11 is 3.14. The summed E-state index contributed by atoms with van der Waals surface area (Å²) < 4.78 is 0. The fourth-order valence-electron chi connectivity index (χ4n) is 2.29. The van der Waals surface area contributed by atoms with Crippen LogP contribution in [0.3, 0.4) is 0 Å². The van der Waals surface area contributed by atoms with Gasteiger partial charge in [-0.25, -0.2) is 9.97 Å². The molecule has 3 aromatic rings. The summed E-state index contributed by atoms with van der Waals surface area (Å²) in [7, 11) is 1.79. The fraction of sp³-hybridized carbons (Fsp3) is 0.278. The van der Waals surface area contributed by atoms with Gasteiger partial charge in [-0.05, 0) is 13.3 Å². The molecule has 0 radical (unpaired) electrons. The van der Waals surface area contributed by atoms with Gasteiger partial charge in [-0.15, -0.1) is 22.7 Å². The Bertz CT molecular complexity index is 836. The summed E-state index contributed by atoms with van der Waals surface area (Å²) in [6.07, 6.45) is 0.925. The largest absolute Gasteiger partial charge is 0.334 e. The molecule has 0 unspecified atom stereocenters. The van der Waals surface area contributed by atoms with Gasteiger partial charge in [0.2, 0.25) is 0 Å². The zero-order valence-electron chi connectivity index (χ0n) is 13.9. The van der Waals surface area contributed by atoms with Gasteiger partial charge in [0.25, 0.3) is 5.91 Å². The van der Waals surface area contributed by atoms with E-state index in [0.717, 1.165) is 27.7 Å². The zero-order valence-corrected chi connectivity index (χ0v) is 15.6. The number of hydrogen-bond donors (Lipinski definition) is 0. The highest BCUT2D eigenvalue weighted by Gasteiger charge is 2.17. The molecule has 0 aliphatic rings. The van der Waals surface area contributed by atoms with Crippen LogP contribution in [0.2, 0.25) is 0 Å². The molecule has 0 fully saturated rings. The molecule has 0 bridgehead atoms. The number of carbonyl (C=O) groups excluding carboxylic acids is 1. The quantitative estimate of drug-likeness (QED) is 0.679. The van der Waals surface area contributed by atoms with Gasteiger partial charge in [0.1, 0.15) is 10.7 Å². The summed E-state index contributed by atoms with van der Waals surface area (Å²) in [6, 6.07) is 8.18. The van der Waals surface area contributed by atoms with Crippen molar-refractivity contribution in [3.05, 3.63) is 57.0 Å². The van der Waals surface area contributed by atoms with Crippen LogP contribution in [0.25, 0.3) is 10.6 Å². The van der Waals surface area contributed by atoms with Crippen molar-refractivity contribution in [1.29, 1.82) is 0 Å². The van der Waals surface area contributed by atoms with Gasteiger partial charge in [-0.1, -0.05) is 36.8 Å². The van der Waals surface area contributed by atoms with Gasteiger partial charge in [0, 0.05) is 23.4 Å². The lowest BCUT2D eigenvalue weighted by Gasteiger charge is -2.14. The number of hydrogen-bond acceptors (Lipinski definition) is 5. The first-order chi connectivity index (χ1) is 11.6. The van der Waals surface area contributed by atoms with Crippen LogP contribution >= 0.6 is 22.7 Å². The van der Waals surface area contributed by atoms with Gasteiger partial charge in [-0.3, -0.25) is 4.79 Å². The molecule has 1 amide bonds. The maximum absolute atomic E-state index is 12.6. The van der Waals surface area contributed by atoms with Gasteiger partial charge in [0.15, 0.2) is 0 Å². The van der Waals surface area contributed by atoms with Gasteiger partial charge in [0.05, 0.1) is 17.2 Å². The van der Waals surface area contributed by atoms with Crippen LogP contribution in [0.1, 0.15) is 33.7 Å². The summed E-state index contributed by atoms with van der Waals surface area (Å²) in [5.41, 5.74) is 3.67. The maximum atomic E-state index is 12.6. The number of aromatic nitrogens is 2. The lowest BCUT2D eigenvalue weighted by atomic mass is 10.2. The standard InChI is InChI=1S/C18H19N3OS2/c1-4-16-19-14(10-23-16)9-21(3)18(22)15-11-24-17(20-15)13-7-5-12(2)6-8-13/h5-8,10-11H,4,9H2,1-3H3. The van der Waals surface area contributed by atoms with Crippen molar-refractivity contribution in [2.24, 2.45) is 0 Å². The van der Waals surface area contributed by atoms with E-state index in [1.165, 1.54) is 16.9 Å². The molecule has 4 nitrogen and oxygen atoms in total. The average molecular weight is 358 g/mol. The minimum atomic E-state index is -0.0735. The minimum absolute atomic E-state index is 0.0735. The molecule has 3 rings (SSSR count). The summed E-state index contributed by atoms with van der Waals surface area (Å²) in [4.78, 5) is 23.3. The van der Waals surface area contributed by atoms with Crippen LogP contribution in [-0.2, 0) is 13.0 Å². The van der Waals surface area contributed by atoms with E-state index < -0.39 is 0 Å². The molecule has 0 saturated heterocycles. The maximum Gasteiger partial charge on any atom is 0.273 e. The molecule has 24 heavy (non-hydrogen) atoms. The third-order valence-electron chi connectivity index (χ3n) is 3.67. The first-order valence-corrected chi connectivity index (χ1v) is 9.54. The highest BCUT2D eigenvalue weighted by molar-refractivity contribution is 7.13. The predicted octanol–water partition coefficient (Wildman–Crippen LogP) is 4.41. The van der Waals surface area contributed by atoms with Crippen LogP contribution in [0.5, 0.6) is 0 Å². The number of carbonyl (C=O) groups is 1. The fourth-order valence-corrected chi connectivity index (χ4v) is 3.83. The molecular weight excluding hydrogens is 338 g/mol. The Balaban J connectivity index is 1.71. The Hall–Kier alpha value is -2.05. The summed E-state index contributed by atoms with van der Waals surface area (Å²) in [5, 5.41) is 5.81. The van der Waals surface area contributed by atoms with E-state index in [-0.39, 0.29) is 5.91 Å². The van der Waals surface area contributed by atoms with Crippen molar-refractivity contribution in [2.45, 2.75) is 26.8 Å². The molecule has 0 N–H and O–H groups in total. The van der Waals surface area contributed by atoms with Crippen molar-refractivity contribution < 1.29 is 4.79 Å². The molecule has 1 aromatic carbocycles. The van der Waals surface area contributed by atoms with Crippen molar-refractivity contribution in [1.82, 2.24) is 14.9 Å². The van der Waals surface area contributed by atoms with Crippen LogP contribution in [0.15, 0.2) is 35.0 Å². The second kappa shape index (κ2) is 7.23. The molecular formula is C18H19N3OS2. The topological polar surface area (TPSA) is 46.1 Å². The third kappa shape index (κ3) is 3.71. The van der Waals surface area contributed by atoms with E-state index in [1.807, 2.05) is 22.9 Å². The van der Waals surface area contributed by atoms with E-state index in [0.29, 0.717) is 12.2 Å². The number of nitrogens with zero attached hydrogens (tertiary/aromatic N) is 3. The van der Waals surface area contributed by atoms with Crippen LogP contribution in [0.4, 0.5) is 0 Å². The zero-order chi connectivity index (χ0) is 17.1. The molecule has 6 heteroatoms. The van der Waals surface area contributed by atoms with Gasteiger partial charge < -0.3 is 4.90 Å². The Morgan fingerprint density at radius 3 is 2.54 bits per heavy atom. The molecule has 0 atom stereocenters. The molecule has 2 aromatic heterocycles. The number of rotatable bonds is 5. The normalized spacial score (nSPS) is 10.8. The van der Waals surface area contributed by atoms with Crippen molar-refractivity contribution >= 4 is 28.6 Å². The first kappa shape index (κ1) is 16.8. The Kier molecular flexibility index (Phi) is 5.06. The second-order valence-corrected chi connectivity index (χ2v) is 7.45. The Morgan fingerprint density at radius 1 is 1.12 bits per heavy atom. The summed E-state index contributed by atoms with van der Waals surface area (Å²) in [5.74, 6) is -0.0735. The van der Waals surface area contributed by atoms with E-state index in [2.05, 4.69) is 35.9 Å². The smallest absolute Gasteiger partial charge is 0.273 e. The lowest BCUT2D eigenvalue weighted by molar-refractivity contribution is 0.0778. The van der Waals surface area contributed by atoms with Crippen molar-refractivity contribution in [3.63, 3.8) is 0 Å². The Labute approximate surface area is 149 Å². The molecule has 0 saturated carbocycles. The van der Waals surface area contributed by atoms with Crippen LogP contribution < -0.4 is 0 Å². The number of amides is 1. The highest BCUT2D eigenvalue weighted by Crippen LogP contribution is 2.24. The van der Waals surface area contributed by atoms with E-state index >= 15 is 0 Å². The van der Waals surface area contributed by atoms with Gasteiger partial charge >= 0.3 is 0 Å². The highest BCUT2D eigenvalue weighted by atomic mass is 32.1. The number of benzene rings is 1. The van der Waals surface area contributed by atoms with E-state index in [9.17, 15) is 4.79 Å². The molecule has 0 spiro atoms. The van der Waals surface area contributed by atoms with E-state index in [1.54, 1.807) is 23.3 Å². The number of thiazole rings is 2. The van der Waals surface area contributed by atoms with Crippen molar-refractivity contribution in [3.8, 4) is 10.6 Å². The third-order valence-corrected chi connectivity index (χ3v) is 5.60. The van der Waals surface area contributed by atoms with E-state index in [4.69, 9.17) is 0 Å². The van der Waals surface area contributed by atoms with Crippen molar-refractivity contribution in [2.75, 3.05) is 7.05 Å². The molecule has 2 heterocycles. The van der Waals surface area contributed by atoms with Crippen LogP contribution in [0, 0.1) is 6.92 Å². The SMILES string of the molecule is CCc1nc(CN(C)C(=O)c2csc(-c3ccc(C)cc3)n2)cs1. The molecule has 0 aliphatic heterocycles. The minimum Gasteiger partial charge on any atom is -0.334 e. The number of aryl methyl sites for hydroxylation is 2. The second-order valence-electron chi connectivity index (χ2n) is 5.65. The predicted molar refractivity (Wildman–Crippen MR) is 99.6 cm³/mol. The van der Waals surface area contributed by atoms with Crippen LogP contribution in [-0.4, -0.2) is 27.8 Å². The lowest BCUT2D eigenvalue weighted by Crippen LogP contribution is -2.26. The monoisotopic (exact) mass is 357 g/mol. The van der Waals surface area contributed by atoms with Gasteiger partial charge in [-0.2, -0.15) is 0 Å². The Morgan fingerprint density at radius 2 is 1.88 bits per heavy atom. The first-order valence-electron chi connectivity index (χ1n) is 7.78. The average Bonchev–Trinajstić information content (AvgIpc) is 3.24. The molecule has 0 aliphatic carbocycles. The summed E-state index contributed by atoms with van der Waals surface area (Å²) in [6.45, 7) is 4.64. The molecule has 124 valence electrons.